The minimum Gasteiger partial charge on any atom is -0.399 e. The monoisotopic (exact) mass is 319 g/mol. The Bertz CT molecular complexity index is 681. The molecule has 21 heavy (non-hydrogen) atoms. The van der Waals surface area contributed by atoms with Gasteiger partial charge in [-0.05, 0) is 24.6 Å². The number of halogens is 3. The van der Waals surface area contributed by atoms with E-state index in [9.17, 15) is 17.4 Å². The summed E-state index contributed by atoms with van der Waals surface area (Å²) in [5.74, 6) is -0.947. The molecule has 8 heteroatoms. The highest BCUT2D eigenvalue weighted by atomic mass is 32.2. The molecule has 0 bridgehead atoms. The van der Waals surface area contributed by atoms with E-state index in [1.807, 2.05) is 0 Å². The summed E-state index contributed by atoms with van der Waals surface area (Å²) in [7, 11) is -1.07. The highest BCUT2D eigenvalue weighted by Gasteiger charge is 2.37. The first-order chi connectivity index (χ1) is 9.70. The van der Waals surface area contributed by atoms with Crippen LogP contribution in [0.25, 0.3) is 11.0 Å². The van der Waals surface area contributed by atoms with Crippen LogP contribution in [-0.2, 0) is 23.5 Å². The number of alkyl halides is 3. The van der Waals surface area contributed by atoms with Crippen molar-refractivity contribution < 1.29 is 17.4 Å². The molecular weight excluding hydrogens is 303 g/mol. The molecule has 2 aromatic rings. The van der Waals surface area contributed by atoms with Crippen molar-refractivity contribution in [2.24, 2.45) is 0 Å². The summed E-state index contributed by atoms with van der Waals surface area (Å²) in [6.07, 6.45) is -2.62. The van der Waals surface area contributed by atoms with Crippen molar-refractivity contribution in [3.05, 3.63) is 24.0 Å². The third kappa shape index (κ3) is 3.37. The number of aryl methyl sites for hydroxylation is 1. The molecule has 2 unspecified atom stereocenters. The van der Waals surface area contributed by atoms with Crippen LogP contribution >= 0.6 is 0 Å². The predicted octanol–water partition coefficient (Wildman–Crippen LogP) is 2.79. The smallest absolute Gasteiger partial charge is 0.399 e. The summed E-state index contributed by atoms with van der Waals surface area (Å²) in [5, 5.41) is -0.183. The van der Waals surface area contributed by atoms with Crippen molar-refractivity contribution in [2.75, 3.05) is 12.0 Å². The van der Waals surface area contributed by atoms with Crippen molar-refractivity contribution in [3.63, 3.8) is 0 Å². The summed E-state index contributed by atoms with van der Waals surface area (Å²) in [4.78, 5) is 3.65. The van der Waals surface area contributed by atoms with Crippen LogP contribution in [0.2, 0.25) is 0 Å². The second-order valence-electron chi connectivity index (χ2n) is 4.93. The molecular formula is C13H16F3N3OS. The van der Waals surface area contributed by atoms with Crippen LogP contribution in [0.5, 0.6) is 0 Å². The van der Waals surface area contributed by atoms with Crippen molar-refractivity contribution in [3.8, 4) is 0 Å². The predicted molar refractivity (Wildman–Crippen MR) is 77.3 cm³/mol. The van der Waals surface area contributed by atoms with E-state index in [-0.39, 0.29) is 17.3 Å². The van der Waals surface area contributed by atoms with Crippen molar-refractivity contribution in [1.29, 1.82) is 0 Å². The van der Waals surface area contributed by atoms with Crippen LogP contribution in [0.3, 0.4) is 0 Å². The second-order valence-corrected chi connectivity index (χ2v) is 6.73. The zero-order valence-corrected chi connectivity index (χ0v) is 12.5. The van der Waals surface area contributed by atoms with Crippen molar-refractivity contribution in [2.45, 2.75) is 31.3 Å². The fourth-order valence-corrected chi connectivity index (χ4v) is 2.50. The standard InChI is InChI=1S/C13H16F3N3OS/c1-8(21(2)20)5-6-19-11-4-3-9(17)7-10(11)18-12(19)13(14,15)16/h3-4,7-8H,5-6,17H2,1-2H3. The van der Waals surface area contributed by atoms with E-state index in [0.29, 0.717) is 17.6 Å². The fourth-order valence-electron chi connectivity index (χ4n) is 2.07. The van der Waals surface area contributed by atoms with Gasteiger partial charge in [0.1, 0.15) is 0 Å². The summed E-state index contributed by atoms with van der Waals surface area (Å²) in [5.41, 5.74) is 6.54. The highest BCUT2D eigenvalue weighted by molar-refractivity contribution is 7.84. The summed E-state index contributed by atoms with van der Waals surface area (Å²) in [6.45, 7) is 1.86. The van der Waals surface area contributed by atoms with Gasteiger partial charge in [0.15, 0.2) is 0 Å². The lowest BCUT2D eigenvalue weighted by molar-refractivity contribution is -0.146. The zero-order chi connectivity index (χ0) is 15.8. The number of nitrogens with zero attached hydrogens (tertiary/aromatic N) is 2. The van der Waals surface area contributed by atoms with Crippen LogP contribution in [0.15, 0.2) is 18.2 Å². The number of rotatable bonds is 4. The summed E-state index contributed by atoms with van der Waals surface area (Å²) < 4.78 is 51.8. The van der Waals surface area contributed by atoms with E-state index in [2.05, 4.69) is 4.98 Å². The Kier molecular flexibility index (Phi) is 4.27. The van der Waals surface area contributed by atoms with E-state index >= 15 is 0 Å². The molecule has 1 heterocycles. The number of hydrogen-bond acceptors (Lipinski definition) is 3. The van der Waals surface area contributed by atoms with Crippen LogP contribution in [0, 0.1) is 0 Å². The molecule has 0 aliphatic carbocycles. The first kappa shape index (κ1) is 15.8. The van der Waals surface area contributed by atoms with E-state index < -0.39 is 22.8 Å². The molecule has 2 rings (SSSR count). The molecule has 1 aromatic heterocycles. The molecule has 0 aliphatic heterocycles. The molecule has 1 aromatic carbocycles. The number of benzene rings is 1. The van der Waals surface area contributed by atoms with Crippen molar-refractivity contribution in [1.82, 2.24) is 9.55 Å². The van der Waals surface area contributed by atoms with Gasteiger partial charge in [0.25, 0.3) is 0 Å². The molecule has 0 saturated carbocycles. The Morgan fingerprint density at radius 1 is 1.43 bits per heavy atom. The van der Waals surface area contributed by atoms with E-state index in [0.717, 1.165) is 4.57 Å². The maximum atomic E-state index is 13.1. The van der Waals surface area contributed by atoms with Gasteiger partial charge in [-0.2, -0.15) is 13.2 Å². The average molecular weight is 319 g/mol. The lowest BCUT2D eigenvalue weighted by Crippen LogP contribution is -2.18. The molecule has 4 nitrogen and oxygen atoms in total. The molecule has 0 amide bonds. The molecule has 0 saturated heterocycles. The first-order valence-corrected chi connectivity index (χ1v) is 7.97. The molecule has 0 radical (unpaired) electrons. The number of imidazole rings is 1. The van der Waals surface area contributed by atoms with Gasteiger partial charge in [-0.25, -0.2) is 4.98 Å². The maximum Gasteiger partial charge on any atom is 0.449 e. The third-order valence-electron chi connectivity index (χ3n) is 3.35. The van der Waals surface area contributed by atoms with Crippen LogP contribution < -0.4 is 5.73 Å². The van der Waals surface area contributed by atoms with Gasteiger partial charge in [0.2, 0.25) is 5.82 Å². The zero-order valence-electron chi connectivity index (χ0n) is 11.6. The van der Waals surface area contributed by atoms with E-state index in [4.69, 9.17) is 5.73 Å². The first-order valence-electron chi connectivity index (χ1n) is 6.35. The van der Waals surface area contributed by atoms with Gasteiger partial charge in [-0.15, -0.1) is 0 Å². The normalized spacial score (nSPS) is 15.3. The van der Waals surface area contributed by atoms with Gasteiger partial charge >= 0.3 is 6.18 Å². The Morgan fingerprint density at radius 2 is 2.10 bits per heavy atom. The van der Waals surface area contributed by atoms with Crippen molar-refractivity contribution >= 4 is 27.5 Å². The van der Waals surface area contributed by atoms with Gasteiger partial charge in [0.05, 0.1) is 11.0 Å². The number of nitrogen functional groups attached to an aromatic ring is 1. The molecule has 0 spiro atoms. The molecule has 2 N–H and O–H groups in total. The van der Waals surface area contributed by atoms with Crippen LogP contribution in [0.4, 0.5) is 18.9 Å². The molecule has 0 aliphatic rings. The summed E-state index contributed by atoms with van der Waals surface area (Å²) >= 11 is 0. The number of hydrogen-bond donors (Lipinski definition) is 1. The number of aromatic nitrogens is 2. The molecule has 116 valence electrons. The third-order valence-corrected chi connectivity index (χ3v) is 4.72. The second kappa shape index (κ2) is 5.67. The van der Waals surface area contributed by atoms with Crippen LogP contribution in [-0.4, -0.2) is 25.3 Å². The van der Waals surface area contributed by atoms with Crippen LogP contribution in [0.1, 0.15) is 19.2 Å². The maximum absolute atomic E-state index is 13.1. The Balaban J connectivity index is 2.46. The van der Waals surface area contributed by atoms with E-state index in [1.54, 1.807) is 19.2 Å². The largest absolute Gasteiger partial charge is 0.449 e. The molecule has 2 atom stereocenters. The highest BCUT2D eigenvalue weighted by Crippen LogP contribution is 2.32. The summed E-state index contributed by atoms with van der Waals surface area (Å²) in [6, 6.07) is 4.49. The van der Waals surface area contributed by atoms with Gasteiger partial charge in [-0.3, -0.25) is 4.21 Å². The Hall–Kier alpha value is -1.57. The van der Waals surface area contributed by atoms with Gasteiger partial charge in [-0.1, -0.05) is 6.92 Å². The molecule has 0 fully saturated rings. The minimum atomic E-state index is -4.54. The number of fused-ring (bicyclic) bond motifs is 1. The average Bonchev–Trinajstić information content (AvgIpc) is 2.73. The lowest BCUT2D eigenvalue weighted by Gasteiger charge is -2.13. The van der Waals surface area contributed by atoms with Gasteiger partial charge in [0, 0.05) is 34.5 Å². The fraction of sp³-hybridized carbons (Fsp3) is 0.462. The quantitative estimate of drug-likeness (QED) is 0.882. The van der Waals surface area contributed by atoms with Gasteiger partial charge < -0.3 is 10.3 Å². The Labute approximate surface area is 122 Å². The number of anilines is 1. The SMILES string of the molecule is CC(CCn1c(C(F)(F)F)nc2cc(N)ccc21)S(C)=O. The lowest BCUT2D eigenvalue weighted by atomic mass is 10.2. The topological polar surface area (TPSA) is 60.9 Å². The Morgan fingerprint density at radius 3 is 2.67 bits per heavy atom. The van der Waals surface area contributed by atoms with E-state index in [1.165, 1.54) is 12.1 Å². The minimum absolute atomic E-state index is 0.107. The number of nitrogens with two attached hydrogens (primary N) is 1.